The van der Waals surface area contributed by atoms with Crippen molar-refractivity contribution in [2.24, 2.45) is 0 Å². The van der Waals surface area contributed by atoms with Crippen LogP contribution in [0.5, 0.6) is 0 Å². The van der Waals surface area contributed by atoms with Crippen LogP contribution in [0.1, 0.15) is 51.9 Å². The normalized spacial score (nSPS) is 14.5. The highest BCUT2D eigenvalue weighted by atomic mass is 14.7. The van der Waals surface area contributed by atoms with E-state index in [1.54, 1.807) is 6.20 Å². The zero-order chi connectivity index (χ0) is 35.6. The predicted octanol–water partition coefficient (Wildman–Crippen LogP) is 12.4. The smallest absolute Gasteiger partial charge is 0.0879 e. The molecule has 1 aromatic heterocycles. The highest BCUT2D eigenvalue weighted by Crippen LogP contribution is 2.59. The summed E-state index contributed by atoms with van der Waals surface area (Å²) in [6.07, 6.45) is 10.4. The summed E-state index contributed by atoms with van der Waals surface area (Å²) < 4.78 is 0. The van der Waals surface area contributed by atoms with E-state index in [9.17, 15) is 0 Å². The molecular weight excluding hydrogens is 641 g/mol. The first-order valence-electron chi connectivity index (χ1n) is 18.4. The van der Waals surface area contributed by atoms with Crippen molar-refractivity contribution >= 4 is 16.9 Å². The third-order valence-electron chi connectivity index (χ3n) is 10.8. The average molecular weight is 679 g/mol. The molecule has 0 amide bonds. The molecule has 2 aliphatic rings. The van der Waals surface area contributed by atoms with Gasteiger partial charge in [-0.05, 0) is 103 Å². The van der Waals surface area contributed by atoms with E-state index in [1.807, 2.05) is 42.5 Å². The molecule has 0 radical (unpaired) electrons. The number of nitrogens with one attached hydrogen (secondary N) is 1. The highest BCUT2D eigenvalue weighted by molar-refractivity contribution is 6.11. The van der Waals surface area contributed by atoms with Gasteiger partial charge in [-0.2, -0.15) is 0 Å². The molecule has 0 bridgehead atoms. The standard InChI is InChI=1S/C51H38N2/c52-48(49-29-14-15-34-53-49)35-45(36-17-4-1-5-18-36)38-32-30-37(31-33-38)41-23-10-11-24-42(41)43-26-16-28-47-50(43)44-25-12-13-27-46(44)51(47,39-19-6-2-7-20-39)40-21-8-3-9-22-40/h1-12,14-26,28-35,52H,13,27H2/b45-35+,52-48?. The van der Waals surface area contributed by atoms with Gasteiger partial charge in [0.25, 0.3) is 0 Å². The van der Waals surface area contributed by atoms with Crippen molar-refractivity contribution in [3.05, 3.63) is 245 Å². The molecule has 53 heavy (non-hydrogen) atoms. The van der Waals surface area contributed by atoms with Gasteiger partial charge in [-0.1, -0.05) is 176 Å². The van der Waals surface area contributed by atoms with Crippen LogP contribution in [0.15, 0.2) is 206 Å². The van der Waals surface area contributed by atoms with Crippen LogP contribution >= 0.6 is 0 Å². The van der Waals surface area contributed by atoms with Crippen molar-refractivity contribution in [3.8, 4) is 22.3 Å². The molecule has 6 aromatic carbocycles. The maximum atomic E-state index is 8.87. The molecule has 9 rings (SSSR count). The molecule has 2 nitrogen and oxygen atoms in total. The number of pyridine rings is 1. The fourth-order valence-electron chi connectivity index (χ4n) is 8.52. The molecular formula is C51H38N2. The van der Waals surface area contributed by atoms with Gasteiger partial charge in [-0.3, -0.25) is 10.4 Å². The Morgan fingerprint density at radius 1 is 0.566 bits per heavy atom. The van der Waals surface area contributed by atoms with Gasteiger partial charge < -0.3 is 0 Å². The Hall–Kier alpha value is -6.64. The number of allylic oxidation sites excluding steroid dienone is 5. The third-order valence-corrected chi connectivity index (χ3v) is 10.8. The average Bonchev–Trinajstić information content (AvgIpc) is 3.55. The lowest BCUT2D eigenvalue weighted by Crippen LogP contribution is -2.30. The fraction of sp³-hybridized carbons (Fsp3) is 0.0588. The maximum Gasteiger partial charge on any atom is 0.0879 e. The van der Waals surface area contributed by atoms with Gasteiger partial charge in [-0.15, -0.1) is 0 Å². The van der Waals surface area contributed by atoms with E-state index < -0.39 is 0 Å². The quantitative estimate of drug-likeness (QED) is 0.160. The molecule has 0 spiro atoms. The van der Waals surface area contributed by atoms with Gasteiger partial charge in [-0.25, -0.2) is 0 Å². The first kappa shape index (κ1) is 32.3. The highest BCUT2D eigenvalue weighted by Gasteiger charge is 2.48. The Bertz CT molecular complexity index is 2490. The lowest BCUT2D eigenvalue weighted by molar-refractivity contribution is 0.696. The van der Waals surface area contributed by atoms with Crippen molar-refractivity contribution in [1.82, 2.24) is 4.98 Å². The van der Waals surface area contributed by atoms with Crippen LogP contribution in [0.25, 0.3) is 33.4 Å². The molecule has 0 aliphatic heterocycles. The first-order chi connectivity index (χ1) is 26.2. The van der Waals surface area contributed by atoms with Gasteiger partial charge in [0.2, 0.25) is 0 Å². The van der Waals surface area contributed by atoms with Crippen LogP contribution in [0.3, 0.4) is 0 Å². The molecule has 0 atom stereocenters. The van der Waals surface area contributed by atoms with Crippen LogP contribution in [0, 0.1) is 5.41 Å². The minimum atomic E-state index is -0.367. The SMILES string of the molecule is N=C(/C=C(\c1ccccc1)c1ccc(-c2ccccc2-c2cccc3c2C2=C(CCC=C2)C3(c2ccccc2)c2ccccc2)cc1)c1ccccn1. The van der Waals surface area contributed by atoms with Crippen LogP contribution in [0.4, 0.5) is 0 Å². The predicted molar refractivity (Wildman–Crippen MR) is 220 cm³/mol. The van der Waals surface area contributed by atoms with Gasteiger partial charge in [0.05, 0.1) is 16.8 Å². The van der Waals surface area contributed by atoms with E-state index in [2.05, 4.69) is 157 Å². The van der Waals surface area contributed by atoms with E-state index in [-0.39, 0.29) is 5.41 Å². The Balaban J connectivity index is 1.19. The molecule has 0 saturated heterocycles. The summed E-state index contributed by atoms with van der Waals surface area (Å²) in [7, 11) is 0. The van der Waals surface area contributed by atoms with E-state index in [0.29, 0.717) is 11.4 Å². The van der Waals surface area contributed by atoms with Crippen LogP contribution < -0.4 is 0 Å². The number of rotatable bonds is 8. The summed E-state index contributed by atoms with van der Waals surface area (Å²) in [5, 5.41) is 8.87. The van der Waals surface area contributed by atoms with Crippen molar-refractivity contribution in [2.75, 3.05) is 0 Å². The minimum Gasteiger partial charge on any atom is -0.299 e. The van der Waals surface area contributed by atoms with Crippen LogP contribution in [-0.2, 0) is 5.41 Å². The molecule has 0 saturated carbocycles. The van der Waals surface area contributed by atoms with E-state index in [1.165, 1.54) is 50.1 Å². The summed E-state index contributed by atoms with van der Waals surface area (Å²) >= 11 is 0. The Morgan fingerprint density at radius 3 is 1.85 bits per heavy atom. The van der Waals surface area contributed by atoms with Gasteiger partial charge in [0, 0.05) is 6.20 Å². The lowest BCUT2D eigenvalue weighted by Gasteiger charge is -2.36. The number of fused-ring (bicyclic) bond motifs is 2. The summed E-state index contributed by atoms with van der Waals surface area (Å²) in [5.74, 6) is 0. The second-order valence-electron chi connectivity index (χ2n) is 13.7. The van der Waals surface area contributed by atoms with Crippen molar-refractivity contribution in [1.29, 1.82) is 5.41 Å². The Morgan fingerprint density at radius 2 is 1.17 bits per heavy atom. The van der Waals surface area contributed by atoms with Crippen molar-refractivity contribution in [3.63, 3.8) is 0 Å². The number of hydrogen-bond acceptors (Lipinski definition) is 2. The topological polar surface area (TPSA) is 36.7 Å². The van der Waals surface area contributed by atoms with E-state index >= 15 is 0 Å². The van der Waals surface area contributed by atoms with E-state index in [0.717, 1.165) is 35.1 Å². The second-order valence-corrected chi connectivity index (χ2v) is 13.7. The Kier molecular flexibility index (Phi) is 8.42. The zero-order valence-corrected chi connectivity index (χ0v) is 29.4. The largest absolute Gasteiger partial charge is 0.299 e. The number of aromatic nitrogens is 1. The summed E-state index contributed by atoms with van der Waals surface area (Å²) in [6, 6.07) is 62.8. The monoisotopic (exact) mass is 678 g/mol. The molecule has 1 heterocycles. The molecule has 1 N–H and O–H groups in total. The molecule has 0 fully saturated rings. The fourth-order valence-corrected chi connectivity index (χ4v) is 8.52. The van der Waals surface area contributed by atoms with Crippen LogP contribution in [-0.4, -0.2) is 10.7 Å². The second kappa shape index (κ2) is 13.8. The molecule has 0 unspecified atom stereocenters. The van der Waals surface area contributed by atoms with Crippen molar-refractivity contribution < 1.29 is 0 Å². The van der Waals surface area contributed by atoms with Gasteiger partial charge in [0.15, 0.2) is 0 Å². The maximum absolute atomic E-state index is 8.87. The van der Waals surface area contributed by atoms with Crippen molar-refractivity contribution in [2.45, 2.75) is 18.3 Å². The first-order valence-corrected chi connectivity index (χ1v) is 18.4. The Labute approximate surface area is 311 Å². The molecule has 2 aliphatic carbocycles. The molecule has 252 valence electrons. The lowest BCUT2D eigenvalue weighted by atomic mass is 9.65. The van der Waals surface area contributed by atoms with Gasteiger partial charge >= 0.3 is 0 Å². The van der Waals surface area contributed by atoms with Crippen LogP contribution in [0.2, 0.25) is 0 Å². The van der Waals surface area contributed by atoms with E-state index in [4.69, 9.17) is 5.41 Å². The molecule has 7 aromatic rings. The summed E-state index contributed by atoms with van der Waals surface area (Å²) in [6.45, 7) is 0. The number of nitrogens with zero attached hydrogens (tertiary/aromatic N) is 1. The third kappa shape index (κ3) is 5.60. The summed E-state index contributed by atoms with van der Waals surface area (Å²) in [5.41, 5.74) is 16.7. The van der Waals surface area contributed by atoms with Gasteiger partial charge in [0.1, 0.15) is 0 Å². The number of hydrogen-bond donors (Lipinski definition) is 1. The summed E-state index contributed by atoms with van der Waals surface area (Å²) in [4.78, 5) is 4.43. The number of benzene rings is 6. The minimum absolute atomic E-state index is 0.367. The zero-order valence-electron chi connectivity index (χ0n) is 29.4. The molecule has 2 heteroatoms.